The second-order valence-corrected chi connectivity index (χ2v) is 19.5. The average Bonchev–Trinajstić information content (AvgIpc) is 4.03. The van der Waals surface area contributed by atoms with Gasteiger partial charge < -0.3 is 64.6 Å². The van der Waals surface area contributed by atoms with Gasteiger partial charge in [-0.25, -0.2) is 24.7 Å². The zero-order chi connectivity index (χ0) is 57.0. The number of nitrogens with zero attached hydrogens (tertiary/aromatic N) is 9. The molecule has 8 aromatic rings. The van der Waals surface area contributed by atoms with Gasteiger partial charge in [-0.1, -0.05) is 49.6 Å². The lowest BCUT2D eigenvalue weighted by Crippen LogP contribution is -2.38. The second kappa shape index (κ2) is 25.6. The third kappa shape index (κ3) is 14.1. The van der Waals surface area contributed by atoms with Gasteiger partial charge in [-0.15, -0.1) is 0 Å². The Morgan fingerprint density at radius 2 is 1.08 bits per heavy atom. The SMILES string of the molecule is C=CC(=O)Nc1cc(Nc2nccc(-c3cn(C)c4ccccc34)n2)c(OC)cc1N(C)CCN(C)C(=O)OC(C)(C)C.C=CC(=O)Nc1cc(Nc2nccc(-c3cn(C)c4ccccc34)n2)c(OC)cc1N(C)CCNC. The number of rotatable bonds is 20. The van der Waals surface area contributed by atoms with E-state index in [1.54, 1.807) is 39.7 Å². The number of hydrogen-bond donors (Lipinski definition) is 5. The summed E-state index contributed by atoms with van der Waals surface area (Å²) in [5, 5.41) is 17.6. The molecule has 4 aromatic carbocycles. The van der Waals surface area contributed by atoms with Crippen LogP contribution in [0.25, 0.3) is 44.3 Å². The fraction of sp³-hybridized carbons (Fsp3) is 0.271. The summed E-state index contributed by atoms with van der Waals surface area (Å²) in [6.45, 7) is 15.0. The van der Waals surface area contributed by atoms with Crippen LogP contribution in [0, 0.1) is 0 Å². The number of carbonyl (C=O) groups excluding carboxylic acids is 3. The van der Waals surface area contributed by atoms with Gasteiger partial charge in [0.2, 0.25) is 23.7 Å². The van der Waals surface area contributed by atoms with Crippen molar-refractivity contribution in [3.05, 3.63) is 135 Å². The number of anilines is 8. The van der Waals surface area contributed by atoms with Crippen molar-refractivity contribution in [1.29, 1.82) is 0 Å². The van der Waals surface area contributed by atoms with Crippen LogP contribution < -0.4 is 45.9 Å². The minimum atomic E-state index is -0.590. The molecule has 0 spiro atoms. The first-order valence-corrected chi connectivity index (χ1v) is 25.5. The number of ether oxygens (including phenoxy) is 3. The first kappa shape index (κ1) is 57.3. The Kier molecular flexibility index (Phi) is 18.6. The van der Waals surface area contributed by atoms with E-state index in [1.807, 2.05) is 127 Å². The molecule has 0 aliphatic carbocycles. The molecule has 79 heavy (non-hydrogen) atoms. The number of benzene rings is 4. The largest absolute Gasteiger partial charge is 0.494 e. The Labute approximate surface area is 461 Å². The molecule has 0 aliphatic rings. The van der Waals surface area contributed by atoms with Crippen LogP contribution >= 0.6 is 0 Å². The standard InChI is InChI=1S/C32H39N7O4.C27H31N7O2/c1-9-29(40)34-24-18-25(28(42-8)19-27(24)37(5)16-17-38(6)31(41)43-32(2,3)4)36-30-33-15-14-23(35-30)22-20-39(7)26-13-11-10-12-21(22)26;1-6-26(35)30-21-15-22(25(36-5)16-24(21)33(3)14-13-28-2)32-27-29-12-11-20(31-27)19-17-34(4)23-10-8-7-9-18(19)23/h9-15,18-20H,1,16-17H2,2-8H3,(H,34,40)(H,33,35,36);6-12,15-17,28H,1,13-14H2,2-5H3,(H,30,35)(H,29,31,32). The molecule has 8 rings (SSSR count). The highest BCUT2D eigenvalue weighted by Crippen LogP contribution is 2.40. The minimum Gasteiger partial charge on any atom is -0.494 e. The minimum absolute atomic E-state index is 0.302. The van der Waals surface area contributed by atoms with E-state index >= 15 is 0 Å². The number of carbonyl (C=O) groups is 3. The van der Waals surface area contributed by atoms with Crippen molar-refractivity contribution in [2.24, 2.45) is 14.1 Å². The van der Waals surface area contributed by atoms with Gasteiger partial charge >= 0.3 is 6.09 Å². The Hall–Kier alpha value is -9.43. The molecule has 4 heterocycles. The number of hydrogen-bond acceptors (Lipinski definition) is 15. The molecular formula is C59H70N14O6. The van der Waals surface area contributed by atoms with E-state index < -0.39 is 11.7 Å². The van der Waals surface area contributed by atoms with Gasteiger partial charge in [0.1, 0.15) is 17.1 Å². The lowest BCUT2D eigenvalue weighted by atomic mass is 10.1. The van der Waals surface area contributed by atoms with Crippen LogP contribution in [0.4, 0.5) is 50.8 Å². The summed E-state index contributed by atoms with van der Waals surface area (Å²) >= 11 is 0. The average molecular weight is 1070 g/mol. The molecule has 4 aromatic heterocycles. The van der Waals surface area contributed by atoms with Gasteiger partial charge in [0.25, 0.3) is 0 Å². The normalized spacial score (nSPS) is 11.0. The van der Waals surface area contributed by atoms with Crippen LogP contribution in [0.15, 0.2) is 135 Å². The molecule has 0 unspecified atom stereocenters. The van der Waals surface area contributed by atoms with Crippen LogP contribution in [0.5, 0.6) is 11.5 Å². The number of aromatic nitrogens is 6. The highest BCUT2D eigenvalue weighted by molar-refractivity contribution is 6.03. The highest BCUT2D eigenvalue weighted by atomic mass is 16.6. The zero-order valence-corrected chi connectivity index (χ0v) is 46.8. The van der Waals surface area contributed by atoms with Crippen molar-refractivity contribution in [2.45, 2.75) is 26.4 Å². The lowest BCUT2D eigenvalue weighted by Gasteiger charge is -2.28. The fourth-order valence-corrected chi connectivity index (χ4v) is 8.59. The van der Waals surface area contributed by atoms with E-state index in [0.29, 0.717) is 64.9 Å². The molecule has 0 radical (unpaired) electrons. The number of methoxy groups -OCH3 is 2. The molecule has 0 saturated carbocycles. The molecular weight excluding hydrogens is 1000 g/mol. The van der Waals surface area contributed by atoms with Gasteiger partial charge in [0.15, 0.2) is 0 Å². The fourth-order valence-electron chi connectivity index (χ4n) is 8.59. The number of amides is 3. The molecule has 20 nitrogen and oxygen atoms in total. The summed E-state index contributed by atoms with van der Waals surface area (Å²) < 4.78 is 21.0. The maximum atomic E-state index is 12.4. The van der Waals surface area contributed by atoms with Crippen LogP contribution in [-0.2, 0) is 28.4 Å². The van der Waals surface area contributed by atoms with Gasteiger partial charge in [-0.3, -0.25) is 9.59 Å². The maximum Gasteiger partial charge on any atom is 0.410 e. The molecule has 0 aliphatic heterocycles. The quantitative estimate of drug-likeness (QED) is 0.0450. The van der Waals surface area contributed by atoms with Crippen LogP contribution in [-0.4, -0.2) is 126 Å². The third-order valence-electron chi connectivity index (χ3n) is 12.7. The summed E-state index contributed by atoms with van der Waals surface area (Å²) in [7, 11) is 14.6. The molecule has 0 atom stereocenters. The molecule has 0 bridgehead atoms. The number of para-hydroxylation sites is 2. The zero-order valence-electron chi connectivity index (χ0n) is 46.8. The monoisotopic (exact) mass is 1070 g/mol. The predicted octanol–water partition coefficient (Wildman–Crippen LogP) is 9.98. The van der Waals surface area contributed by atoms with E-state index in [-0.39, 0.29) is 11.8 Å². The van der Waals surface area contributed by atoms with Gasteiger partial charge in [-0.2, -0.15) is 0 Å². The molecule has 3 amide bonds. The van der Waals surface area contributed by atoms with Crippen LogP contribution in [0.3, 0.4) is 0 Å². The smallest absolute Gasteiger partial charge is 0.410 e. The van der Waals surface area contributed by atoms with Crippen molar-refractivity contribution >= 4 is 85.7 Å². The second-order valence-electron chi connectivity index (χ2n) is 19.5. The number of likely N-dealkylation sites (N-methyl/N-ethyl adjacent to an activating group) is 4. The number of fused-ring (bicyclic) bond motifs is 2. The molecule has 0 fully saturated rings. The molecule has 20 heteroatoms. The van der Waals surface area contributed by atoms with Crippen LogP contribution in [0.1, 0.15) is 20.8 Å². The van der Waals surface area contributed by atoms with Gasteiger partial charge in [0.05, 0.1) is 59.7 Å². The number of nitrogens with one attached hydrogen (secondary N) is 5. The predicted molar refractivity (Wildman–Crippen MR) is 317 cm³/mol. The van der Waals surface area contributed by atoms with E-state index in [1.165, 1.54) is 17.1 Å². The van der Waals surface area contributed by atoms with E-state index in [4.69, 9.17) is 24.2 Å². The van der Waals surface area contributed by atoms with Crippen molar-refractivity contribution in [2.75, 3.05) is 99.7 Å². The third-order valence-corrected chi connectivity index (χ3v) is 12.7. The van der Waals surface area contributed by atoms with Gasteiger partial charge in [0, 0.05) is 131 Å². The first-order chi connectivity index (χ1) is 37.8. The number of aryl methyl sites for hydroxylation is 2. The van der Waals surface area contributed by atoms with Gasteiger partial charge in [-0.05, 0) is 76.4 Å². The molecule has 412 valence electrons. The Morgan fingerprint density at radius 1 is 0.633 bits per heavy atom. The summed E-state index contributed by atoms with van der Waals surface area (Å²) in [5.41, 5.74) is 9.02. The van der Waals surface area contributed by atoms with E-state index in [0.717, 1.165) is 63.1 Å². The van der Waals surface area contributed by atoms with Crippen LogP contribution in [0.2, 0.25) is 0 Å². The van der Waals surface area contributed by atoms with Crippen molar-refractivity contribution in [3.63, 3.8) is 0 Å². The Morgan fingerprint density at radius 3 is 1.49 bits per heavy atom. The summed E-state index contributed by atoms with van der Waals surface area (Å²) in [6.07, 6.45) is 9.56. The van der Waals surface area contributed by atoms with E-state index in [2.05, 4.69) is 89.3 Å². The Bertz CT molecular complexity index is 3490. The van der Waals surface area contributed by atoms with E-state index in [9.17, 15) is 14.4 Å². The summed E-state index contributed by atoms with van der Waals surface area (Å²) in [6, 6.07) is 27.4. The first-order valence-electron chi connectivity index (χ1n) is 25.5. The van der Waals surface area contributed by atoms with Crippen molar-refractivity contribution in [1.82, 2.24) is 39.3 Å². The Balaban J connectivity index is 0.000000232. The van der Waals surface area contributed by atoms with Crippen molar-refractivity contribution < 1.29 is 28.6 Å². The molecule has 5 N–H and O–H groups in total. The summed E-state index contributed by atoms with van der Waals surface area (Å²) in [5.74, 6) is 1.21. The lowest BCUT2D eigenvalue weighted by molar-refractivity contribution is -0.112. The van der Waals surface area contributed by atoms with Crippen molar-refractivity contribution in [3.8, 4) is 34.0 Å². The molecule has 0 saturated heterocycles. The topological polar surface area (TPSA) is 210 Å². The highest BCUT2D eigenvalue weighted by Gasteiger charge is 2.23. The summed E-state index contributed by atoms with van der Waals surface area (Å²) in [4.78, 5) is 60.9. The maximum absolute atomic E-state index is 12.4.